The highest BCUT2D eigenvalue weighted by molar-refractivity contribution is 4.92. The lowest BCUT2D eigenvalue weighted by Gasteiger charge is -2.13. The first-order valence-corrected chi connectivity index (χ1v) is 5.47. The van der Waals surface area contributed by atoms with Crippen LogP contribution in [0.1, 0.15) is 26.6 Å². The van der Waals surface area contributed by atoms with Gasteiger partial charge in [0.05, 0.1) is 6.54 Å². The van der Waals surface area contributed by atoms with E-state index in [1.165, 1.54) is 0 Å². The Bertz CT molecular complexity index is 283. The van der Waals surface area contributed by atoms with Crippen molar-refractivity contribution in [2.45, 2.75) is 39.9 Å². The molecule has 0 spiro atoms. The summed E-state index contributed by atoms with van der Waals surface area (Å²) in [6.45, 7) is 8.08. The van der Waals surface area contributed by atoms with E-state index < -0.39 is 0 Å². The third kappa shape index (κ3) is 4.01. The summed E-state index contributed by atoms with van der Waals surface area (Å²) >= 11 is 0. The van der Waals surface area contributed by atoms with Gasteiger partial charge >= 0.3 is 0 Å². The summed E-state index contributed by atoms with van der Waals surface area (Å²) in [5.41, 5.74) is 0. The van der Waals surface area contributed by atoms with Gasteiger partial charge in [-0.15, -0.1) is 0 Å². The van der Waals surface area contributed by atoms with Gasteiger partial charge in [0.2, 0.25) is 0 Å². The van der Waals surface area contributed by atoms with Crippen molar-refractivity contribution in [3.8, 4) is 0 Å². The molecule has 0 radical (unpaired) electrons. The monoisotopic (exact) mass is 211 g/mol. The summed E-state index contributed by atoms with van der Waals surface area (Å²) < 4.78 is 2.09. The van der Waals surface area contributed by atoms with Gasteiger partial charge in [-0.2, -0.15) is 0 Å². The van der Waals surface area contributed by atoms with E-state index in [2.05, 4.69) is 28.7 Å². The first-order valence-electron chi connectivity index (χ1n) is 5.47. The Kier molecular flexibility index (Phi) is 4.78. The number of aliphatic hydroxyl groups excluding tert-OH is 1. The zero-order chi connectivity index (χ0) is 11.3. The van der Waals surface area contributed by atoms with E-state index in [1.54, 1.807) is 6.20 Å². The highest BCUT2D eigenvalue weighted by Gasteiger charge is 2.06. The number of aliphatic hydroxyl groups is 1. The predicted octanol–water partition coefficient (Wildman–Crippen LogP) is 1.01. The second kappa shape index (κ2) is 5.88. The van der Waals surface area contributed by atoms with Crippen LogP contribution in [0.2, 0.25) is 0 Å². The van der Waals surface area contributed by atoms with Crippen LogP contribution in [0.15, 0.2) is 12.4 Å². The van der Waals surface area contributed by atoms with E-state index in [4.69, 9.17) is 5.11 Å². The van der Waals surface area contributed by atoms with Crippen LogP contribution in [-0.4, -0.2) is 27.3 Å². The van der Waals surface area contributed by atoms with Crippen molar-refractivity contribution in [1.29, 1.82) is 0 Å². The number of hydrogen-bond donors (Lipinski definition) is 2. The van der Waals surface area contributed by atoms with Gasteiger partial charge in [-0.3, -0.25) is 0 Å². The van der Waals surface area contributed by atoms with E-state index >= 15 is 0 Å². The van der Waals surface area contributed by atoms with Crippen LogP contribution in [-0.2, 0) is 13.1 Å². The maximum absolute atomic E-state index is 8.99. The van der Waals surface area contributed by atoms with Crippen LogP contribution < -0.4 is 5.32 Å². The quantitative estimate of drug-likeness (QED) is 0.738. The molecule has 1 unspecified atom stereocenters. The maximum atomic E-state index is 8.99. The fourth-order valence-electron chi connectivity index (χ4n) is 1.36. The third-order valence-electron chi connectivity index (χ3n) is 2.29. The minimum atomic E-state index is 0.217. The van der Waals surface area contributed by atoms with Gasteiger partial charge < -0.3 is 15.0 Å². The average molecular weight is 211 g/mol. The Morgan fingerprint density at radius 1 is 1.47 bits per heavy atom. The first-order chi connectivity index (χ1) is 7.13. The maximum Gasteiger partial charge on any atom is 0.122 e. The Hall–Kier alpha value is -0.870. The van der Waals surface area contributed by atoms with E-state index in [9.17, 15) is 0 Å². The van der Waals surface area contributed by atoms with E-state index in [0.717, 1.165) is 18.9 Å². The molecule has 4 heteroatoms. The normalized spacial score (nSPS) is 13.4. The molecule has 0 aliphatic carbocycles. The van der Waals surface area contributed by atoms with Gasteiger partial charge in [-0.1, -0.05) is 20.8 Å². The predicted molar refractivity (Wildman–Crippen MR) is 60.5 cm³/mol. The van der Waals surface area contributed by atoms with Gasteiger partial charge in [0.15, 0.2) is 0 Å². The molecule has 0 fully saturated rings. The molecular formula is C11H21N3O. The summed E-state index contributed by atoms with van der Waals surface area (Å²) in [6.07, 6.45) is 3.77. The number of nitrogens with one attached hydrogen (secondary N) is 1. The Balaban J connectivity index is 2.53. The van der Waals surface area contributed by atoms with Crippen LogP contribution in [0.5, 0.6) is 0 Å². The van der Waals surface area contributed by atoms with Gasteiger partial charge in [0, 0.05) is 31.6 Å². The fraction of sp³-hybridized carbons (Fsp3) is 0.727. The standard InChI is InChI=1S/C11H21N3O/c1-9(2)13-6-11-12-4-5-14(11)7-10(3)8-15/h4-5,9-10,13,15H,6-8H2,1-3H3. The summed E-state index contributed by atoms with van der Waals surface area (Å²) in [7, 11) is 0. The molecule has 86 valence electrons. The van der Waals surface area contributed by atoms with Crippen molar-refractivity contribution in [1.82, 2.24) is 14.9 Å². The van der Waals surface area contributed by atoms with Crippen LogP contribution in [0, 0.1) is 5.92 Å². The number of aromatic nitrogens is 2. The van der Waals surface area contributed by atoms with Crippen LogP contribution in [0.3, 0.4) is 0 Å². The molecule has 0 aliphatic heterocycles. The molecule has 1 atom stereocenters. The Morgan fingerprint density at radius 2 is 2.20 bits per heavy atom. The minimum Gasteiger partial charge on any atom is -0.396 e. The summed E-state index contributed by atoms with van der Waals surface area (Å²) in [5.74, 6) is 1.31. The molecule has 0 aliphatic rings. The van der Waals surface area contributed by atoms with Crippen molar-refractivity contribution >= 4 is 0 Å². The molecule has 0 saturated carbocycles. The highest BCUT2D eigenvalue weighted by Crippen LogP contribution is 2.04. The minimum absolute atomic E-state index is 0.217. The summed E-state index contributed by atoms with van der Waals surface area (Å²) in [5, 5.41) is 12.3. The SMILES string of the molecule is CC(CO)Cn1ccnc1CNC(C)C. The number of hydrogen-bond acceptors (Lipinski definition) is 3. The van der Waals surface area contributed by atoms with Gasteiger partial charge in [0.1, 0.15) is 5.82 Å². The molecule has 0 saturated heterocycles. The lowest BCUT2D eigenvalue weighted by Crippen LogP contribution is -2.24. The summed E-state index contributed by atoms with van der Waals surface area (Å²) in [4.78, 5) is 4.29. The molecular weight excluding hydrogens is 190 g/mol. The first kappa shape index (κ1) is 12.2. The van der Waals surface area contributed by atoms with Crippen molar-refractivity contribution in [3.05, 3.63) is 18.2 Å². The van der Waals surface area contributed by atoms with Crippen LogP contribution >= 0.6 is 0 Å². The van der Waals surface area contributed by atoms with Crippen LogP contribution in [0.4, 0.5) is 0 Å². The summed E-state index contributed by atoms with van der Waals surface area (Å²) in [6, 6.07) is 0.463. The number of imidazole rings is 1. The molecule has 2 N–H and O–H groups in total. The van der Waals surface area contributed by atoms with E-state index in [-0.39, 0.29) is 12.5 Å². The highest BCUT2D eigenvalue weighted by atomic mass is 16.3. The second-order valence-electron chi connectivity index (χ2n) is 4.32. The molecule has 1 heterocycles. The largest absolute Gasteiger partial charge is 0.396 e. The Morgan fingerprint density at radius 3 is 2.80 bits per heavy atom. The van der Waals surface area contributed by atoms with Crippen molar-refractivity contribution in [2.24, 2.45) is 5.92 Å². The fourth-order valence-corrected chi connectivity index (χ4v) is 1.36. The smallest absolute Gasteiger partial charge is 0.122 e. The molecule has 1 aromatic rings. The molecule has 0 bridgehead atoms. The molecule has 15 heavy (non-hydrogen) atoms. The zero-order valence-corrected chi connectivity index (χ0v) is 9.77. The topological polar surface area (TPSA) is 50.1 Å². The molecule has 1 aromatic heterocycles. The number of nitrogens with zero attached hydrogens (tertiary/aromatic N) is 2. The van der Waals surface area contributed by atoms with Gasteiger partial charge in [-0.25, -0.2) is 4.98 Å². The van der Waals surface area contributed by atoms with Crippen molar-refractivity contribution in [3.63, 3.8) is 0 Å². The van der Waals surface area contributed by atoms with E-state index in [1.807, 2.05) is 13.1 Å². The van der Waals surface area contributed by atoms with Crippen LogP contribution in [0.25, 0.3) is 0 Å². The molecule has 0 aromatic carbocycles. The molecule has 4 nitrogen and oxygen atoms in total. The average Bonchev–Trinajstić information content (AvgIpc) is 2.62. The van der Waals surface area contributed by atoms with Gasteiger partial charge in [0.25, 0.3) is 0 Å². The molecule has 1 rings (SSSR count). The van der Waals surface area contributed by atoms with E-state index in [0.29, 0.717) is 6.04 Å². The van der Waals surface area contributed by atoms with Crippen molar-refractivity contribution < 1.29 is 5.11 Å². The lowest BCUT2D eigenvalue weighted by molar-refractivity contribution is 0.221. The molecule has 0 amide bonds. The second-order valence-corrected chi connectivity index (χ2v) is 4.32. The zero-order valence-electron chi connectivity index (χ0n) is 9.77. The lowest BCUT2D eigenvalue weighted by atomic mass is 10.2. The van der Waals surface area contributed by atoms with Gasteiger partial charge in [-0.05, 0) is 5.92 Å². The number of rotatable bonds is 6. The Labute approximate surface area is 91.3 Å². The third-order valence-corrected chi connectivity index (χ3v) is 2.29. The van der Waals surface area contributed by atoms with Crippen molar-refractivity contribution in [2.75, 3.05) is 6.61 Å².